The van der Waals surface area contributed by atoms with Crippen LogP contribution in [0, 0.1) is 5.92 Å². The summed E-state index contributed by atoms with van der Waals surface area (Å²) in [4.78, 5) is 32.4. The number of aromatic nitrogens is 2. The van der Waals surface area contributed by atoms with Crippen molar-refractivity contribution < 1.29 is 9.59 Å². The Kier molecular flexibility index (Phi) is 3.89. The van der Waals surface area contributed by atoms with Gasteiger partial charge in [0.05, 0.1) is 0 Å². The number of nitrogens with two attached hydrogens (primary N) is 2. The number of hydrogen-bond donors (Lipinski definition) is 2. The zero-order chi connectivity index (χ0) is 14.0. The number of anilines is 3. The Hall–Kier alpha value is -1.83. The van der Waals surface area contributed by atoms with Crippen LogP contribution in [0.5, 0.6) is 0 Å². The molecule has 0 spiro atoms. The van der Waals surface area contributed by atoms with Gasteiger partial charge >= 0.3 is 0 Å². The van der Waals surface area contributed by atoms with Crippen LogP contribution in [-0.4, -0.2) is 33.3 Å². The molecule has 0 saturated carbocycles. The number of nitrogens with zero attached hydrogens (tertiary/aromatic N) is 3. The lowest BCUT2D eigenvalue weighted by Gasteiger charge is -2.14. The highest BCUT2D eigenvalue weighted by molar-refractivity contribution is 8.13. The van der Waals surface area contributed by atoms with E-state index in [9.17, 15) is 9.59 Å². The van der Waals surface area contributed by atoms with Crippen LogP contribution >= 0.6 is 11.8 Å². The van der Waals surface area contributed by atoms with Crippen molar-refractivity contribution in [1.82, 2.24) is 9.97 Å². The molecular weight excluding hydrogens is 266 g/mol. The Bertz CT molecular complexity index is 502. The van der Waals surface area contributed by atoms with Gasteiger partial charge in [-0.3, -0.25) is 14.5 Å². The van der Waals surface area contributed by atoms with E-state index in [4.69, 9.17) is 11.5 Å². The van der Waals surface area contributed by atoms with Gasteiger partial charge in [-0.2, -0.15) is 9.97 Å². The Morgan fingerprint density at radius 1 is 1.47 bits per heavy atom. The first-order valence-electron chi connectivity index (χ1n) is 5.79. The molecule has 2 rings (SSSR count). The zero-order valence-electron chi connectivity index (χ0n) is 10.5. The largest absolute Gasteiger partial charge is 0.383 e. The van der Waals surface area contributed by atoms with Crippen LogP contribution in [0.1, 0.15) is 13.3 Å². The topological polar surface area (TPSA) is 115 Å². The highest BCUT2D eigenvalue weighted by Gasteiger charge is 2.32. The maximum atomic E-state index is 11.9. The monoisotopic (exact) mass is 281 g/mol. The number of amides is 1. The van der Waals surface area contributed by atoms with Gasteiger partial charge in [0.1, 0.15) is 11.6 Å². The predicted molar refractivity (Wildman–Crippen MR) is 74.5 cm³/mol. The minimum atomic E-state index is -0.0702. The second-order valence-corrected chi connectivity index (χ2v) is 5.59. The Morgan fingerprint density at radius 2 is 2.11 bits per heavy atom. The molecule has 102 valence electrons. The molecule has 1 aromatic heterocycles. The number of nitrogen functional groups attached to an aromatic ring is 2. The van der Waals surface area contributed by atoms with Crippen LogP contribution in [0.2, 0.25) is 0 Å². The molecule has 1 aliphatic rings. The van der Waals surface area contributed by atoms with Crippen LogP contribution in [0.15, 0.2) is 6.07 Å². The van der Waals surface area contributed by atoms with Crippen LogP contribution in [0.4, 0.5) is 17.6 Å². The van der Waals surface area contributed by atoms with Gasteiger partial charge in [-0.1, -0.05) is 11.8 Å². The molecule has 19 heavy (non-hydrogen) atoms. The average molecular weight is 281 g/mol. The summed E-state index contributed by atoms with van der Waals surface area (Å²) in [6.45, 7) is 2.00. The first-order valence-corrected chi connectivity index (χ1v) is 6.78. The molecule has 0 aliphatic carbocycles. The van der Waals surface area contributed by atoms with Crippen molar-refractivity contribution >= 4 is 40.4 Å². The molecule has 0 aromatic carbocycles. The molecule has 8 heteroatoms. The molecule has 1 atom stereocenters. The number of thioether (sulfide) groups is 1. The summed E-state index contributed by atoms with van der Waals surface area (Å²) < 4.78 is 0. The molecule has 0 bridgehead atoms. The van der Waals surface area contributed by atoms with Gasteiger partial charge in [0.2, 0.25) is 11.9 Å². The van der Waals surface area contributed by atoms with E-state index >= 15 is 0 Å². The molecule has 0 radical (unpaired) electrons. The van der Waals surface area contributed by atoms with Crippen molar-refractivity contribution in [2.45, 2.75) is 13.3 Å². The molecular formula is C11H15N5O2S. The average Bonchev–Trinajstić information content (AvgIpc) is 2.66. The van der Waals surface area contributed by atoms with Gasteiger partial charge in [-0.15, -0.1) is 0 Å². The van der Waals surface area contributed by atoms with Crippen LogP contribution < -0.4 is 16.4 Å². The Balaban J connectivity index is 2.09. The van der Waals surface area contributed by atoms with E-state index in [1.165, 1.54) is 29.7 Å². The van der Waals surface area contributed by atoms with Crippen LogP contribution in [0.3, 0.4) is 0 Å². The molecule has 1 unspecified atom stereocenters. The lowest BCUT2D eigenvalue weighted by Crippen LogP contribution is -2.27. The fourth-order valence-corrected chi connectivity index (χ4v) is 2.61. The molecule has 2 heterocycles. The molecule has 1 aliphatic heterocycles. The third kappa shape index (κ3) is 3.34. The van der Waals surface area contributed by atoms with Crippen molar-refractivity contribution in [2.24, 2.45) is 5.92 Å². The standard InChI is InChI=1S/C11H15N5O2S/c1-6(17)19-5-7-2-10(18)16(4-7)11-14-8(12)3-9(13)15-11/h3,7H,2,4-5H2,1H3,(H4,12,13,14,15). The normalized spacial score (nSPS) is 18.9. The zero-order valence-corrected chi connectivity index (χ0v) is 11.3. The van der Waals surface area contributed by atoms with Gasteiger partial charge < -0.3 is 11.5 Å². The fraction of sp³-hybridized carbons (Fsp3) is 0.455. The number of carbonyl (C=O) groups excluding carboxylic acids is 2. The van der Waals surface area contributed by atoms with Crippen molar-refractivity contribution in [2.75, 3.05) is 28.7 Å². The summed E-state index contributed by atoms with van der Waals surface area (Å²) in [7, 11) is 0. The molecule has 1 aromatic rings. The summed E-state index contributed by atoms with van der Waals surface area (Å²) in [5.74, 6) is 1.37. The SMILES string of the molecule is CC(=O)SCC1CC(=O)N(c2nc(N)cc(N)n2)C1. The second kappa shape index (κ2) is 5.43. The Labute approximate surface area is 114 Å². The maximum Gasteiger partial charge on any atom is 0.236 e. The van der Waals surface area contributed by atoms with E-state index in [0.29, 0.717) is 18.7 Å². The fourth-order valence-electron chi connectivity index (χ4n) is 1.91. The maximum absolute atomic E-state index is 11.9. The molecule has 7 nitrogen and oxygen atoms in total. The third-order valence-electron chi connectivity index (χ3n) is 2.72. The van der Waals surface area contributed by atoms with Crippen molar-refractivity contribution in [3.05, 3.63) is 6.07 Å². The summed E-state index contributed by atoms with van der Waals surface area (Å²) in [5.41, 5.74) is 11.2. The van der Waals surface area contributed by atoms with Crippen molar-refractivity contribution in [3.8, 4) is 0 Å². The van der Waals surface area contributed by atoms with Gasteiger partial charge in [0, 0.05) is 31.7 Å². The minimum absolute atomic E-state index is 0.0512. The molecule has 4 N–H and O–H groups in total. The van der Waals surface area contributed by atoms with Crippen LogP contribution in [-0.2, 0) is 9.59 Å². The predicted octanol–water partition coefficient (Wildman–Crippen LogP) is 0.274. The molecule has 1 fully saturated rings. The van der Waals surface area contributed by atoms with Crippen LogP contribution in [0.25, 0.3) is 0 Å². The van der Waals surface area contributed by atoms with Crippen molar-refractivity contribution in [3.63, 3.8) is 0 Å². The smallest absolute Gasteiger partial charge is 0.236 e. The Morgan fingerprint density at radius 3 is 2.68 bits per heavy atom. The summed E-state index contributed by atoms with van der Waals surface area (Å²) in [6.07, 6.45) is 0.387. The van der Waals surface area contributed by atoms with Gasteiger partial charge in [0.15, 0.2) is 5.12 Å². The van der Waals surface area contributed by atoms with Gasteiger partial charge in [0.25, 0.3) is 0 Å². The first kappa shape index (κ1) is 13.6. The molecule has 1 saturated heterocycles. The van der Waals surface area contributed by atoms with E-state index in [1.807, 2.05) is 0 Å². The quantitative estimate of drug-likeness (QED) is 0.817. The van der Waals surface area contributed by atoms with E-state index in [1.54, 1.807) is 0 Å². The van der Waals surface area contributed by atoms with E-state index in [0.717, 1.165) is 0 Å². The summed E-state index contributed by atoms with van der Waals surface area (Å²) in [5, 5.41) is 0.0512. The van der Waals surface area contributed by atoms with Crippen molar-refractivity contribution in [1.29, 1.82) is 0 Å². The number of carbonyl (C=O) groups is 2. The highest BCUT2D eigenvalue weighted by Crippen LogP contribution is 2.26. The van der Waals surface area contributed by atoms with E-state index < -0.39 is 0 Å². The second-order valence-electron chi connectivity index (χ2n) is 4.39. The lowest BCUT2D eigenvalue weighted by molar-refractivity contribution is -0.117. The summed E-state index contributed by atoms with van der Waals surface area (Å²) in [6, 6.07) is 1.44. The van der Waals surface area contributed by atoms with Gasteiger partial charge in [-0.05, 0) is 5.92 Å². The summed E-state index contributed by atoms with van der Waals surface area (Å²) >= 11 is 1.23. The molecule has 1 amide bonds. The van der Waals surface area contributed by atoms with E-state index in [-0.39, 0.29) is 34.5 Å². The highest BCUT2D eigenvalue weighted by atomic mass is 32.2. The number of rotatable bonds is 3. The third-order valence-corrected chi connectivity index (χ3v) is 3.77. The number of hydrogen-bond acceptors (Lipinski definition) is 7. The minimum Gasteiger partial charge on any atom is -0.383 e. The first-order chi connectivity index (χ1) is 8.95. The van der Waals surface area contributed by atoms with Gasteiger partial charge in [-0.25, -0.2) is 0 Å². The van der Waals surface area contributed by atoms with E-state index in [2.05, 4.69) is 9.97 Å². The lowest BCUT2D eigenvalue weighted by atomic mass is 10.1.